The smallest absolute Gasteiger partial charge is 0.140 e. The molecule has 0 fully saturated rings. The first kappa shape index (κ1) is 7.66. The topological polar surface area (TPSA) is 34.1 Å². The Labute approximate surface area is 64.9 Å². The quantitative estimate of drug-likeness (QED) is 0.433. The van der Waals surface area contributed by atoms with E-state index in [1.165, 1.54) is 0 Å². The molecule has 0 aromatic rings. The molecule has 11 heavy (non-hydrogen) atoms. The van der Waals surface area contributed by atoms with Crippen LogP contribution in [-0.2, 0) is 9.59 Å². The summed E-state index contributed by atoms with van der Waals surface area (Å²) in [4.78, 5) is 21.0. The molecule has 0 radical (unpaired) electrons. The van der Waals surface area contributed by atoms with Crippen molar-refractivity contribution in [1.82, 2.24) is 0 Å². The molecule has 0 heterocycles. The number of aldehydes is 2. The summed E-state index contributed by atoms with van der Waals surface area (Å²) in [6.45, 7) is 0. The highest BCUT2D eigenvalue weighted by atomic mass is 16.1. The van der Waals surface area contributed by atoms with Crippen LogP contribution in [0.4, 0.5) is 0 Å². The maximum atomic E-state index is 10.5. The number of allylic oxidation sites excluding steroid dienone is 6. The average molecular weight is 148 g/mol. The summed E-state index contributed by atoms with van der Waals surface area (Å²) < 4.78 is 0. The van der Waals surface area contributed by atoms with Crippen LogP contribution in [-0.4, -0.2) is 12.6 Å². The van der Waals surface area contributed by atoms with E-state index in [2.05, 4.69) is 0 Å². The standard InChI is InChI=1S/C9H8O2/c10-7-9(8-11)5-3-1-2-4-6-9/h1-8H. The fourth-order valence-corrected chi connectivity index (χ4v) is 0.813. The molecule has 0 atom stereocenters. The molecule has 1 aliphatic carbocycles. The Kier molecular flexibility index (Phi) is 2.16. The van der Waals surface area contributed by atoms with Gasteiger partial charge in [-0.15, -0.1) is 0 Å². The Morgan fingerprint density at radius 1 is 0.818 bits per heavy atom. The lowest BCUT2D eigenvalue weighted by Gasteiger charge is -2.08. The van der Waals surface area contributed by atoms with Crippen molar-refractivity contribution in [1.29, 1.82) is 0 Å². The van der Waals surface area contributed by atoms with Crippen molar-refractivity contribution in [3.8, 4) is 0 Å². The molecule has 0 unspecified atom stereocenters. The van der Waals surface area contributed by atoms with Gasteiger partial charge in [0.2, 0.25) is 0 Å². The molecule has 2 heteroatoms. The third-order valence-electron chi connectivity index (χ3n) is 1.51. The zero-order chi connectivity index (χ0) is 8.16. The van der Waals surface area contributed by atoms with Crippen LogP contribution in [0.1, 0.15) is 0 Å². The van der Waals surface area contributed by atoms with Gasteiger partial charge in [-0.1, -0.05) is 36.5 Å². The van der Waals surface area contributed by atoms with E-state index in [0.29, 0.717) is 12.6 Å². The monoisotopic (exact) mass is 148 g/mol. The molecular weight excluding hydrogens is 140 g/mol. The van der Waals surface area contributed by atoms with Crippen LogP contribution >= 0.6 is 0 Å². The van der Waals surface area contributed by atoms with E-state index < -0.39 is 5.41 Å². The highest BCUT2D eigenvalue weighted by molar-refractivity contribution is 5.89. The Hall–Kier alpha value is -1.44. The average Bonchev–Trinajstić information content (AvgIpc) is 2.30. The van der Waals surface area contributed by atoms with Gasteiger partial charge in [-0.05, 0) is 0 Å². The van der Waals surface area contributed by atoms with E-state index in [4.69, 9.17) is 0 Å². The van der Waals surface area contributed by atoms with Crippen molar-refractivity contribution in [3.05, 3.63) is 36.5 Å². The first-order chi connectivity index (χ1) is 5.33. The SMILES string of the molecule is O=CC1(C=O)C=CC=CC=C1. The number of hydrogen-bond donors (Lipinski definition) is 0. The molecule has 56 valence electrons. The summed E-state index contributed by atoms with van der Waals surface area (Å²) in [7, 11) is 0. The zero-order valence-electron chi connectivity index (χ0n) is 5.94. The van der Waals surface area contributed by atoms with Gasteiger partial charge in [0.25, 0.3) is 0 Å². The number of carbonyl (C=O) groups excluding carboxylic acids is 2. The van der Waals surface area contributed by atoms with Crippen LogP contribution in [0.3, 0.4) is 0 Å². The number of hydrogen-bond acceptors (Lipinski definition) is 2. The Bertz CT molecular complexity index is 220. The second-order valence-electron chi connectivity index (χ2n) is 2.34. The summed E-state index contributed by atoms with van der Waals surface area (Å²) in [5.41, 5.74) is -1.04. The van der Waals surface area contributed by atoms with E-state index in [-0.39, 0.29) is 0 Å². The predicted octanol–water partition coefficient (Wildman–Crippen LogP) is 1.05. The summed E-state index contributed by atoms with van der Waals surface area (Å²) in [5, 5.41) is 0. The summed E-state index contributed by atoms with van der Waals surface area (Å²) in [6, 6.07) is 0. The molecule has 0 aromatic carbocycles. The van der Waals surface area contributed by atoms with E-state index in [9.17, 15) is 9.59 Å². The molecule has 0 aliphatic heterocycles. The van der Waals surface area contributed by atoms with Gasteiger partial charge >= 0.3 is 0 Å². The van der Waals surface area contributed by atoms with E-state index in [1.54, 1.807) is 36.5 Å². The molecule has 0 aromatic heterocycles. The molecule has 0 spiro atoms. The van der Waals surface area contributed by atoms with Gasteiger partial charge in [0.1, 0.15) is 18.0 Å². The summed E-state index contributed by atoms with van der Waals surface area (Å²) >= 11 is 0. The highest BCUT2D eigenvalue weighted by Crippen LogP contribution is 2.16. The first-order valence-electron chi connectivity index (χ1n) is 3.29. The van der Waals surface area contributed by atoms with Gasteiger partial charge < -0.3 is 9.59 Å². The normalized spacial score (nSPS) is 19.3. The maximum Gasteiger partial charge on any atom is 0.140 e. The van der Waals surface area contributed by atoms with E-state index >= 15 is 0 Å². The molecule has 1 rings (SSSR count). The third-order valence-corrected chi connectivity index (χ3v) is 1.51. The van der Waals surface area contributed by atoms with Crippen LogP contribution in [0.2, 0.25) is 0 Å². The molecule has 0 saturated heterocycles. The lowest BCUT2D eigenvalue weighted by atomic mass is 9.92. The molecule has 0 bridgehead atoms. The lowest BCUT2D eigenvalue weighted by Crippen LogP contribution is -2.17. The number of carbonyl (C=O) groups is 2. The first-order valence-corrected chi connectivity index (χ1v) is 3.29. The van der Waals surface area contributed by atoms with E-state index in [1.807, 2.05) is 0 Å². The van der Waals surface area contributed by atoms with E-state index in [0.717, 1.165) is 0 Å². The van der Waals surface area contributed by atoms with Crippen LogP contribution in [0, 0.1) is 5.41 Å². The Balaban J connectivity index is 3.01. The Morgan fingerprint density at radius 3 is 1.64 bits per heavy atom. The molecule has 0 amide bonds. The van der Waals surface area contributed by atoms with Gasteiger partial charge in [0.05, 0.1) is 0 Å². The van der Waals surface area contributed by atoms with Crippen LogP contribution in [0.25, 0.3) is 0 Å². The maximum absolute atomic E-state index is 10.5. The molecular formula is C9H8O2. The van der Waals surface area contributed by atoms with Gasteiger partial charge in [-0.3, -0.25) is 0 Å². The van der Waals surface area contributed by atoms with Gasteiger partial charge in [0.15, 0.2) is 0 Å². The zero-order valence-corrected chi connectivity index (χ0v) is 5.94. The van der Waals surface area contributed by atoms with Crippen LogP contribution < -0.4 is 0 Å². The summed E-state index contributed by atoms with van der Waals surface area (Å²) in [6.07, 6.45) is 11.3. The predicted molar refractivity (Wildman–Crippen MR) is 42.0 cm³/mol. The van der Waals surface area contributed by atoms with Crippen molar-refractivity contribution in [3.63, 3.8) is 0 Å². The third kappa shape index (κ3) is 1.52. The van der Waals surface area contributed by atoms with Gasteiger partial charge in [-0.2, -0.15) is 0 Å². The minimum Gasteiger partial charge on any atom is -0.302 e. The lowest BCUT2D eigenvalue weighted by molar-refractivity contribution is -0.121. The van der Waals surface area contributed by atoms with Gasteiger partial charge in [0, 0.05) is 0 Å². The molecule has 2 nitrogen and oxygen atoms in total. The minimum atomic E-state index is -1.04. The minimum absolute atomic E-state index is 0.625. The van der Waals surface area contributed by atoms with Crippen molar-refractivity contribution in [2.75, 3.05) is 0 Å². The number of rotatable bonds is 2. The van der Waals surface area contributed by atoms with Crippen molar-refractivity contribution >= 4 is 12.6 Å². The fraction of sp³-hybridized carbons (Fsp3) is 0.111. The van der Waals surface area contributed by atoms with Crippen molar-refractivity contribution < 1.29 is 9.59 Å². The molecule has 0 saturated carbocycles. The molecule has 0 N–H and O–H groups in total. The highest BCUT2D eigenvalue weighted by Gasteiger charge is 2.21. The van der Waals surface area contributed by atoms with Crippen molar-refractivity contribution in [2.45, 2.75) is 0 Å². The van der Waals surface area contributed by atoms with Gasteiger partial charge in [-0.25, -0.2) is 0 Å². The van der Waals surface area contributed by atoms with Crippen LogP contribution in [0.15, 0.2) is 36.5 Å². The van der Waals surface area contributed by atoms with Crippen molar-refractivity contribution in [2.24, 2.45) is 5.41 Å². The largest absolute Gasteiger partial charge is 0.302 e. The van der Waals surface area contributed by atoms with Crippen LogP contribution in [0.5, 0.6) is 0 Å². The Morgan fingerprint density at radius 2 is 1.27 bits per heavy atom. The second-order valence-corrected chi connectivity index (χ2v) is 2.34. The molecule has 1 aliphatic rings. The second kappa shape index (κ2) is 3.10. The fourth-order valence-electron chi connectivity index (χ4n) is 0.813. The summed E-state index contributed by atoms with van der Waals surface area (Å²) in [5.74, 6) is 0.